The lowest BCUT2D eigenvalue weighted by Crippen LogP contribution is -2.47. The second-order valence-electron chi connectivity index (χ2n) is 22.5. The maximum absolute atomic E-state index is 13.5. The molecule has 76 heavy (non-hydrogen) atoms. The summed E-state index contributed by atoms with van der Waals surface area (Å²) in [6.07, 6.45) is 71.7. The average Bonchev–Trinajstić information content (AvgIpc) is 3.38. The Labute approximate surface area is 470 Å². The molecule has 0 spiro atoms. The van der Waals surface area contributed by atoms with E-state index in [1.54, 1.807) is 0 Å². The summed E-state index contributed by atoms with van der Waals surface area (Å²) in [4.78, 5) is 40.0. The normalized spacial score (nSPS) is 14.1. The van der Waals surface area contributed by atoms with E-state index in [1.165, 1.54) is 161 Å². The molecule has 1 N–H and O–H groups in total. The number of ether oxygens (including phenoxy) is 1. The number of esters is 1. The van der Waals surface area contributed by atoms with Crippen molar-refractivity contribution in [1.29, 1.82) is 0 Å². The van der Waals surface area contributed by atoms with Crippen LogP contribution in [0.1, 0.15) is 284 Å². The molecule has 9 nitrogen and oxygen atoms in total. The quantitative estimate of drug-likeness (QED) is 0.0212. The Bertz CT molecular complexity index is 1530. The van der Waals surface area contributed by atoms with Crippen LogP contribution in [-0.2, 0) is 27.9 Å². The van der Waals surface area contributed by atoms with Crippen LogP contribution in [0.25, 0.3) is 0 Å². The minimum absolute atomic E-state index is 0.0305. The molecule has 0 saturated heterocycles. The van der Waals surface area contributed by atoms with Crippen LogP contribution < -0.4 is 10.2 Å². The topological polar surface area (TPSA) is 114 Å². The van der Waals surface area contributed by atoms with Crippen LogP contribution in [0.2, 0.25) is 0 Å². The molecule has 0 aliphatic rings. The third-order valence-corrected chi connectivity index (χ3v) is 14.8. The van der Waals surface area contributed by atoms with Gasteiger partial charge in [-0.2, -0.15) is 0 Å². The molecule has 0 fully saturated rings. The second kappa shape index (κ2) is 55.8. The van der Waals surface area contributed by atoms with Gasteiger partial charge in [0, 0.05) is 12.8 Å². The molecular formula is C66H121N2O7P. The molecular weight excluding hydrogens is 964 g/mol. The maximum Gasteiger partial charge on any atom is 0.306 e. The van der Waals surface area contributed by atoms with Crippen LogP contribution >= 0.6 is 7.82 Å². The van der Waals surface area contributed by atoms with Crippen molar-refractivity contribution in [3.63, 3.8) is 0 Å². The summed E-state index contributed by atoms with van der Waals surface area (Å²) in [5.41, 5.74) is 0. The third-order valence-electron chi connectivity index (χ3n) is 13.9. The van der Waals surface area contributed by atoms with Gasteiger partial charge in [-0.15, -0.1) is 0 Å². The molecule has 0 aromatic rings. The zero-order valence-corrected chi connectivity index (χ0v) is 51.3. The smallest absolute Gasteiger partial charge is 0.306 e. The van der Waals surface area contributed by atoms with E-state index >= 15 is 0 Å². The number of phosphoric ester groups is 1. The molecule has 0 bridgehead atoms. The predicted octanol–water partition coefficient (Wildman–Crippen LogP) is 19.0. The van der Waals surface area contributed by atoms with Crippen LogP contribution in [0.3, 0.4) is 0 Å². The molecule has 1 amide bonds. The predicted molar refractivity (Wildman–Crippen MR) is 325 cm³/mol. The lowest BCUT2D eigenvalue weighted by Gasteiger charge is -2.30. The first-order valence-electron chi connectivity index (χ1n) is 31.7. The number of unbranched alkanes of at least 4 members (excludes halogenated alkanes) is 31. The molecule has 0 radical (unpaired) electrons. The zero-order chi connectivity index (χ0) is 55.7. The largest absolute Gasteiger partial charge is 0.756 e. The highest BCUT2D eigenvalue weighted by Crippen LogP contribution is 2.38. The highest BCUT2D eigenvalue weighted by atomic mass is 31.2. The number of quaternary nitrogens is 1. The Morgan fingerprint density at radius 1 is 0.474 bits per heavy atom. The molecule has 0 heterocycles. The Balaban J connectivity index is 5.16. The number of hydrogen-bond acceptors (Lipinski definition) is 7. The highest BCUT2D eigenvalue weighted by Gasteiger charge is 2.27. The molecule has 0 aromatic heterocycles. The molecule has 0 aliphatic heterocycles. The number of rotatable bonds is 57. The molecule has 0 rings (SSSR count). The minimum Gasteiger partial charge on any atom is -0.756 e. The van der Waals surface area contributed by atoms with E-state index in [-0.39, 0.29) is 31.3 Å². The number of allylic oxidation sites excluding steroid dienone is 11. The molecule has 0 aliphatic carbocycles. The van der Waals surface area contributed by atoms with Crippen LogP contribution in [-0.4, -0.2) is 69.4 Å². The summed E-state index contributed by atoms with van der Waals surface area (Å²) in [6.45, 7) is 6.71. The summed E-state index contributed by atoms with van der Waals surface area (Å²) < 4.78 is 30.3. The summed E-state index contributed by atoms with van der Waals surface area (Å²) in [5.74, 6) is -0.574. The fraction of sp³-hybridized carbons (Fsp3) is 0.788. The van der Waals surface area contributed by atoms with E-state index in [1.807, 2.05) is 33.3 Å². The first kappa shape index (κ1) is 73.5. The van der Waals surface area contributed by atoms with Gasteiger partial charge in [0.15, 0.2) is 0 Å². The molecule has 10 heteroatoms. The van der Waals surface area contributed by atoms with E-state index in [4.69, 9.17) is 13.8 Å². The number of hydrogen-bond donors (Lipinski definition) is 1. The van der Waals surface area contributed by atoms with E-state index in [0.29, 0.717) is 17.4 Å². The highest BCUT2D eigenvalue weighted by molar-refractivity contribution is 7.45. The van der Waals surface area contributed by atoms with E-state index < -0.39 is 26.6 Å². The third kappa shape index (κ3) is 56.2. The van der Waals surface area contributed by atoms with Crippen LogP contribution in [0.4, 0.5) is 0 Å². The fourth-order valence-electron chi connectivity index (χ4n) is 8.98. The standard InChI is InChI=1S/C66H121N2O7P/c1-7-10-13-16-19-22-25-27-29-31-32-33-34-35-36-37-39-41-44-47-50-53-56-59-66(70)75-64(57-54-51-48-45-42-24-21-18-15-12-9-3)63(62-74-76(71,72)73-61-60-68(4,5)6)67-65(69)58-55-52-49-46-43-40-38-30-28-26-23-20-17-14-11-8-2/h11,14,20,23,27-30,40,43,54,57,63-64H,7-10,12-13,15-19,21-22,24-26,31-39,41-42,44-53,55-56,58-62H2,1-6H3,(H-,67,69,71,72)/b14-11+,23-20+,29-27+,30-28+,43-40+,57-54-. The van der Waals surface area contributed by atoms with Crippen molar-refractivity contribution >= 4 is 19.7 Å². The molecule has 0 saturated carbocycles. The van der Waals surface area contributed by atoms with Crippen molar-refractivity contribution < 1.29 is 37.3 Å². The number of nitrogens with one attached hydrogen (secondary N) is 1. The van der Waals surface area contributed by atoms with Gasteiger partial charge in [-0.25, -0.2) is 0 Å². The second-order valence-corrected chi connectivity index (χ2v) is 23.9. The maximum atomic E-state index is 13.5. The van der Waals surface area contributed by atoms with Gasteiger partial charge < -0.3 is 28.5 Å². The number of nitrogens with zero attached hydrogens (tertiary/aromatic N) is 1. The number of carbonyl (C=O) groups is 2. The molecule has 3 atom stereocenters. The lowest BCUT2D eigenvalue weighted by molar-refractivity contribution is -0.870. The number of likely N-dealkylation sites (N-methyl/N-ethyl adjacent to an activating group) is 1. The summed E-state index contributed by atoms with van der Waals surface area (Å²) >= 11 is 0. The van der Waals surface area contributed by atoms with Gasteiger partial charge in [-0.3, -0.25) is 14.2 Å². The Kier molecular flexibility index (Phi) is 53.9. The zero-order valence-electron chi connectivity index (χ0n) is 50.4. The Morgan fingerprint density at radius 3 is 1.29 bits per heavy atom. The van der Waals surface area contributed by atoms with Crippen molar-refractivity contribution in [1.82, 2.24) is 5.32 Å². The number of phosphoric acid groups is 1. The van der Waals surface area contributed by atoms with Crippen LogP contribution in [0, 0.1) is 0 Å². The van der Waals surface area contributed by atoms with Gasteiger partial charge in [-0.1, -0.05) is 248 Å². The lowest BCUT2D eigenvalue weighted by atomic mass is 10.0. The van der Waals surface area contributed by atoms with Gasteiger partial charge in [-0.05, 0) is 96.0 Å². The van der Waals surface area contributed by atoms with E-state index in [0.717, 1.165) is 83.5 Å². The van der Waals surface area contributed by atoms with Gasteiger partial charge >= 0.3 is 5.97 Å². The number of carbonyl (C=O) groups excluding carboxylic acids is 2. The summed E-state index contributed by atoms with van der Waals surface area (Å²) in [6, 6.07) is -0.906. The van der Waals surface area contributed by atoms with Crippen molar-refractivity contribution in [3.05, 3.63) is 72.9 Å². The first-order chi connectivity index (χ1) is 36.9. The monoisotopic (exact) mass is 1080 g/mol. The van der Waals surface area contributed by atoms with Gasteiger partial charge in [0.25, 0.3) is 7.82 Å². The van der Waals surface area contributed by atoms with Crippen LogP contribution in [0.15, 0.2) is 72.9 Å². The molecule has 0 aromatic carbocycles. The molecule has 442 valence electrons. The van der Waals surface area contributed by atoms with E-state index in [9.17, 15) is 19.0 Å². The van der Waals surface area contributed by atoms with E-state index in [2.05, 4.69) is 86.8 Å². The SMILES string of the molecule is CC/C=C/C/C=C/C/C=C/C/C=C/CCCCCC(=O)NC(COP(=O)([O-])OCC[N+](C)(C)C)C(/C=C\CCCCCCCCCCC)OC(=O)CCCCCCCCCCCCCCC/C=C/CCCCCCCC. The van der Waals surface area contributed by atoms with Crippen molar-refractivity contribution in [2.45, 2.75) is 296 Å². The van der Waals surface area contributed by atoms with Gasteiger partial charge in [0.05, 0.1) is 33.8 Å². The fourth-order valence-corrected chi connectivity index (χ4v) is 9.70. The summed E-state index contributed by atoms with van der Waals surface area (Å²) in [7, 11) is 1.16. The van der Waals surface area contributed by atoms with Gasteiger partial charge in [0.1, 0.15) is 19.3 Å². The first-order valence-corrected chi connectivity index (χ1v) is 33.2. The number of amides is 1. The summed E-state index contributed by atoms with van der Waals surface area (Å²) in [5, 5.41) is 3.01. The van der Waals surface area contributed by atoms with Crippen molar-refractivity contribution in [2.24, 2.45) is 0 Å². The Morgan fingerprint density at radius 2 is 0.842 bits per heavy atom. The van der Waals surface area contributed by atoms with Crippen molar-refractivity contribution in [3.8, 4) is 0 Å². The van der Waals surface area contributed by atoms with Gasteiger partial charge in [0.2, 0.25) is 5.91 Å². The Hall–Kier alpha value is -2.55. The van der Waals surface area contributed by atoms with Crippen LogP contribution in [0.5, 0.6) is 0 Å². The molecule has 3 unspecified atom stereocenters. The van der Waals surface area contributed by atoms with Crippen molar-refractivity contribution in [2.75, 3.05) is 40.9 Å². The minimum atomic E-state index is -4.71. The average molecular weight is 1090 g/mol.